The van der Waals surface area contributed by atoms with Crippen molar-refractivity contribution in [1.82, 2.24) is 4.90 Å². The number of methoxy groups -OCH3 is 1. The number of carbonyl (C=O) groups excluding carboxylic acids is 1. The second-order valence-corrected chi connectivity index (χ2v) is 4.69. The normalized spacial score (nSPS) is 19.4. The fraction of sp³-hybridized carbons (Fsp3) is 0.462. The van der Waals surface area contributed by atoms with Crippen molar-refractivity contribution in [2.24, 2.45) is 0 Å². The molecule has 1 atom stereocenters. The average molecular weight is 265 g/mol. The number of likely N-dealkylation sites (tertiary alicyclic amines) is 1. The van der Waals surface area contributed by atoms with Gasteiger partial charge in [0.25, 0.3) is 0 Å². The highest BCUT2D eigenvalue weighted by Gasteiger charge is 2.22. The van der Waals surface area contributed by atoms with E-state index in [2.05, 4.69) is 5.32 Å². The van der Waals surface area contributed by atoms with Gasteiger partial charge in [-0.15, -0.1) is 0 Å². The second kappa shape index (κ2) is 5.90. The molecule has 1 aromatic rings. The summed E-state index contributed by atoms with van der Waals surface area (Å²) in [7, 11) is 1.53. The van der Waals surface area contributed by atoms with E-state index < -0.39 is 0 Å². The number of rotatable bonds is 4. The Balaban J connectivity index is 1.95. The smallest absolute Gasteiger partial charge is 0.238 e. The molecule has 1 aliphatic heterocycles. The molecular formula is C13H19N3O3. The van der Waals surface area contributed by atoms with Crippen LogP contribution in [0, 0.1) is 0 Å². The quantitative estimate of drug-likeness (QED) is 0.681. The number of benzene rings is 1. The first kappa shape index (κ1) is 13.6. The Bertz CT molecular complexity index is 464. The van der Waals surface area contributed by atoms with Gasteiger partial charge in [-0.3, -0.25) is 9.69 Å². The van der Waals surface area contributed by atoms with Crippen LogP contribution in [0.3, 0.4) is 0 Å². The van der Waals surface area contributed by atoms with E-state index in [4.69, 9.17) is 10.5 Å². The summed E-state index contributed by atoms with van der Waals surface area (Å²) < 4.78 is 5.17. The molecule has 1 aromatic carbocycles. The molecule has 0 bridgehead atoms. The maximum Gasteiger partial charge on any atom is 0.238 e. The number of nitrogen functional groups attached to an aromatic ring is 1. The Kier molecular flexibility index (Phi) is 4.24. The number of hydrogen-bond donors (Lipinski definition) is 3. The van der Waals surface area contributed by atoms with Crippen molar-refractivity contribution in [1.29, 1.82) is 0 Å². The van der Waals surface area contributed by atoms with E-state index in [0.29, 0.717) is 23.7 Å². The van der Waals surface area contributed by atoms with E-state index in [1.165, 1.54) is 7.11 Å². The molecule has 6 heteroatoms. The van der Waals surface area contributed by atoms with Crippen molar-refractivity contribution < 1.29 is 14.6 Å². The molecule has 0 aromatic heterocycles. The fourth-order valence-corrected chi connectivity index (χ4v) is 2.16. The van der Waals surface area contributed by atoms with Gasteiger partial charge in [-0.1, -0.05) is 0 Å². The van der Waals surface area contributed by atoms with Crippen LogP contribution < -0.4 is 15.8 Å². The number of carbonyl (C=O) groups is 1. The molecule has 6 nitrogen and oxygen atoms in total. The van der Waals surface area contributed by atoms with Crippen LogP contribution in [0.2, 0.25) is 0 Å². The standard InChI is InChI=1S/C13H19N3O3/c1-19-12-6-9(14)2-3-11(12)15-13(18)8-16-5-4-10(17)7-16/h2-3,6,10,17H,4-5,7-8,14H2,1H3,(H,15,18). The maximum atomic E-state index is 11.9. The van der Waals surface area contributed by atoms with Crippen LogP contribution in [-0.2, 0) is 4.79 Å². The van der Waals surface area contributed by atoms with Gasteiger partial charge in [0.1, 0.15) is 5.75 Å². The van der Waals surface area contributed by atoms with E-state index in [1.807, 2.05) is 4.90 Å². The van der Waals surface area contributed by atoms with Crippen molar-refractivity contribution in [3.05, 3.63) is 18.2 Å². The largest absolute Gasteiger partial charge is 0.494 e. The number of aliphatic hydroxyl groups excluding tert-OH is 1. The third-order valence-electron chi connectivity index (χ3n) is 3.11. The number of aliphatic hydroxyl groups is 1. The number of nitrogens with two attached hydrogens (primary N) is 1. The van der Waals surface area contributed by atoms with Crippen molar-refractivity contribution >= 4 is 17.3 Å². The first-order valence-corrected chi connectivity index (χ1v) is 6.22. The molecular weight excluding hydrogens is 246 g/mol. The molecule has 0 spiro atoms. The van der Waals surface area contributed by atoms with Crippen molar-refractivity contribution in [3.8, 4) is 5.75 Å². The molecule has 2 rings (SSSR count). The summed E-state index contributed by atoms with van der Waals surface area (Å²) >= 11 is 0. The second-order valence-electron chi connectivity index (χ2n) is 4.69. The molecule has 0 aliphatic carbocycles. The van der Waals surface area contributed by atoms with Gasteiger partial charge in [-0.25, -0.2) is 0 Å². The minimum Gasteiger partial charge on any atom is -0.494 e. The lowest BCUT2D eigenvalue weighted by atomic mass is 10.2. The SMILES string of the molecule is COc1cc(N)ccc1NC(=O)CN1CCC(O)C1. The molecule has 4 N–H and O–H groups in total. The van der Waals surface area contributed by atoms with Crippen LogP contribution >= 0.6 is 0 Å². The number of ether oxygens (including phenoxy) is 1. The number of nitrogens with one attached hydrogen (secondary N) is 1. The zero-order valence-corrected chi connectivity index (χ0v) is 10.9. The van der Waals surface area contributed by atoms with E-state index in [-0.39, 0.29) is 18.6 Å². The van der Waals surface area contributed by atoms with Crippen molar-refractivity contribution in [2.45, 2.75) is 12.5 Å². The van der Waals surface area contributed by atoms with Crippen LogP contribution in [0.15, 0.2) is 18.2 Å². The number of β-amino-alcohol motifs (C(OH)–C–C–N with tert-alkyl or cyclic N) is 1. The van der Waals surface area contributed by atoms with Crippen molar-refractivity contribution in [2.75, 3.05) is 37.8 Å². The van der Waals surface area contributed by atoms with Gasteiger partial charge in [-0.2, -0.15) is 0 Å². The molecule has 0 radical (unpaired) electrons. The van der Waals surface area contributed by atoms with E-state index >= 15 is 0 Å². The zero-order valence-electron chi connectivity index (χ0n) is 10.9. The topological polar surface area (TPSA) is 87.8 Å². The zero-order chi connectivity index (χ0) is 13.8. The molecule has 1 aliphatic rings. The highest BCUT2D eigenvalue weighted by molar-refractivity contribution is 5.94. The van der Waals surface area contributed by atoms with Gasteiger partial charge in [0, 0.05) is 24.8 Å². The minimum absolute atomic E-state index is 0.128. The Hall–Kier alpha value is -1.79. The Morgan fingerprint density at radius 1 is 1.63 bits per heavy atom. The van der Waals surface area contributed by atoms with Gasteiger partial charge in [-0.05, 0) is 18.6 Å². The minimum atomic E-state index is -0.321. The van der Waals surface area contributed by atoms with Gasteiger partial charge in [0.05, 0.1) is 25.4 Å². The Morgan fingerprint density at radius 3 is 3.05 bits per heavy atom. The summed E-state index contributed by atoms with van der Waals surface area (Å²) in [6, 6.07) is 5.08. The molecule has 1 fully saturated rings. The Labute approximate surface area is 112 Å². The fourth-order valence-electron chi connectivity index (χ4n) is 2.16. The van der Waals surface area contributed by atoms with Gasteiger partial charge < -0.3 is 20.9 Å². The highest BCUT2D eigenvalue weighted by atomic mass is 16.5. The van der Waals surface area contributed by atoms with Crippen LogP contribution in [0.4, 0.5) is 11.4 Å². The maximum absolute atomic E-state index is 11.9. The van der Waals surface area contributed by atoms with E-state index in [1.54, 1.807) is 18.2 Å². The monoisotopic (exact) mass is 265 g/mol. The molecule has 1 unspecified atom stereocenters. The van der Waals surface area contributed by atoms with E-state index in [0.717, 1.165) is 13.0 Å². The third kappa shape index (κ3) is 3.59. The number of hydrogen-bond acceptors (Lipinski definition) is 5. The number of anilines is 2. The lowest BCUT2D eigenvalue weighted by molar-refractivity contribution is -0.117. The molecule has 1 heterocycles. The van der Waals surface area contributed by atoms with Gasteiger partial charge in [0.15, 0.2) is 0 Å². The molecule has 104 valence electrons. The molecule has 19 heavy (non-hydrogen) atoms. The summed E-state index contributed by atoms with van der Waals surface area (Å²) in [6.07, 6.45) is 0.400. The van der Waals surface area contributed by atoms with Crippen LogP contribution in [-0.4, -0.2) is 48.8 Å². The summed E-state index contributed by atoms with van der Waals surface area (Å²) in [5, 5.41) is 12.2. The molecule has 0 saturated carbocycles. The molecule has 1 amide bonds. The summed E-state index contributed by atoms with van der Waals surface area (Å²) in [4.78, 5) is 13.8. The summed E-state index contributed by atoms with van der Waals surface area (Å²) in [5.74, 6) is 0.409. The van der Waals surface area contributed by atoms with Crippen molar-refractivity contribution in [3.63, 3.8) is 0 Å². The summed E-state index contributed by atoms with van der Waals surface area (Å²) in [5.41, 5.74) is 6.83. The third-order valence-corrected chi connectivity index (χ3v) is 3.11. The van der Waals surface area contributed by atoms with Gasteiger partial charge >= 0.3 is 0 Å². The van der Waals surface area contributed by atoms with E-state index in [9.17, 15) is 9.90 Å². The average Bonchev–Trinajstić information content (AvgIpc) is 2.76. The molecule has 1 saturated heterocycles. The predicted molar refractivity (Wildman–Crippen MR) is 73.1 cm³/mol. The lowest BCUT2D eigenvalue weighted by Gasteiger charge is -2.15. The van der Waals surface area contributed by atoms with Crippen LogP contribution in [0.5, 0.6) is 5.75 Å². The number of nitrogens with zero attached hydrogens (tertiary/aromatic N) is 1. The van der Waals surface area contributed by atoms with Gasteiger partial charge in [0.2, 0.25) is 5.91 Å². The lowest BCUT2D eigenvalue weighted by Crippen LogP contribution is -2.32. The first-order valence-electron chi connectivity index (χ1n) is 6.22. The predicted octanol–water partition coefficient (Wildman–Crippen LogP) is 0.282. The Morgan fingerprint density at radius 2 is 2.42 bits per heavy atom. The summed E-state index contributed by atoms with van der Waals surface area (Å²) in [6.45, 7) is 1.56. The van der Waals surface area contributed by atoms with Crippen LogP contribution in [0.1, 0.15) is 6.42 Å². The highest BCUT2D eigenvalue weighted by Crippen LogP contribution is 2.26. The number of amides is 1. The first-order chi connectivity index (χ1) is 9.08. The van der Waals surface area contributed by atoms with Crippen LogP contribution in [0.25, 0.3) is 0 Å².